The number of likely N-dealkylation sites (N-methyl/N-ethyl adjacent to an activating group) is 1. The number of nitrogens with one attached hydrogen (secondary N) is 1. The number of hydrogen-bond acceptors (Lipinski definition) is 10. The van der Waals surface area contributed by atoms with Gasteiger partial charge < -0.3 is 33.9 Å². The predicted molar refractivity (Wildman–Crippen MR) is 168 cm³/mol. The minimum atomic E-state index is -0.593. The molecule has 45 heavy (non-hydrogen) atoms. The van der Waals surface area contributed by atoms with Crippen LogP contribution >= 0.6 is 11.6 Å². The zero-order valence-electron chi connectivity index (χ0n) is 24.5. The molecule has 1 amide bonds. The summed E-state index contributed by atoms with van der Waals surface area (Å²) < 4.78 is 29.2. The van der Waals surface area contributed by atoms with Crippen LogP contribution in [0.25, 0.3) is 16.7 Å². The molecule has 2 aliphatic heterocycles. The monoisotopic (exact) mass is 629 g/mol. The quantitative estimate of drug-likeness (QED) is 0.258. The summed E-state index contributed by atoms with van der Waals surface area (Å²) in [5, 5.41) is 3.23. The first-order valence-corrected chi connectivity index (χ1v) is 14.7. The topological polar surface area (TPSA) is 113 Å². The van der Waals surface area contributed by atoms with Crippen molar-refractivity contribution in [2.75, 3.05) is 57.1 Å². The molecule has 0 spiro atoms. The lowest BCUT2D eigenvalue weighted by molar-refractivity contribution is -0.129. The molecule has 1 unspecified atom stereocenters. The molecule has 230 valence electrons. The maximum Gasteiger partial charge on any atom is 0.246 e. The highest BCUT2D eigenvalue weighted by atomic mass is 35.5. The SMILES string of the molecule is CN(C)C/C=C/C(=O)N1CCN2CC1COc1cc3ncnc(Nc4cc(Cl)c(Oc5ccn6ccnc6c5)cc4F)c3nc12. The molecule has 2 bridgehead atoms. The van der Waals surface area contributed by atoms with Crippen LogP contribution in [0.4, 0.5) is 21.7 Å². The van der Waals surface area contributed by atoms with Gasteiger partial charge in [0.15, 0.2) is 17.4 Å². The van der Waals surface area contributed by atoms with E-state index in [1.54, 1.807) is 36.7 Å². The Labute approximate surface area is 262 Å². The number of aromatic nitrogens is 5. The van der Waals surface area contributed by atoms with Crippen molar-refractivity contribution in [3.63, 3.8) is 0 Å². The van der Waals surface area contributed by atoms with Gasteiger partial charge in [0.25, 0.3) is 0 Å². The van der Waals surface area contributed by atoms with Crippen molar-refractivity contribution in [3.05, 3.63) is 78.2 Å². The number of rotatable bonds is 7. The zero-order valence-corrected chi connectivity index (χ0v) is 25.3. The van der Waals surface area contributed by atoms with Gasteiger partial charge >= 0.3 is 0 Å². The van der Waals surface area contributed by atoms with Crippen LogP contribution in [0.3, 0.4) is 0 Å². The molecule has 5 aromatic rings. The van der Waals surface area contributed by atoms with Gasteiger partial charge in [-0.05, 0) is 26.2 Å². The Morgan fingerprint density at radius 1 is 1.20 bits per heavy atom. The Kier molecular flexibility index (Phi) is 7.55. The molecule has 1 fully saturated rings. The number of carbonyl (C=O) groups is 1. The summed E-state index contributed by atoms with van der Waals surface area (Å²) in [4.78, 5) is 36.7. The summed E-state index contributed by atoms with van der Waals surface area (Å²) in [5.74, 6) is 1.48. The van der Waals surface area contributed by atoms with Crippen LogP contribution in [0, 0.1) is 5.82 Å². The van der Waals surface area contributed by atoms with Crippen LogP contribution in [0.1, 0.15) is 0 Å². The molecule has 1 aromatic carbocycles. The largest absolute Gasteiger partial charge is 0.487 e. The van der Waals surface area contributed by atoms with Crippen molar-refractivity contribution in [2.45, 2.75) is 6.04 Å². The van der Waals surface area contributed by atoms with Gasteiger partial charge in [0.2, 0.25) is 5.91 Å². The van der Waals surface area contributed by atoms with E-state index in [1.165, 1.54) is 18.5 Å². The van der Waals surface area contributed by atoms with Gasteiger partial charge in [-0.2, -0.15) is 0 Å². The van der Waals surface area contributed by atoms with Crippen molar-refractivity contribution in [2.24, 2.45) is 0 Å². The van der Waals surface area contributed by atoms with Gasteiger partial charge in [-0.3, -0.25) is 4.79 Å². The number of piperazine rings is 1. The number of benzene rings is 1. The van der Waals surface area contributed by atoms with Crippen molar-refractivity contribution in [1.82, 2.24) is 34.1 Å². The van der Waals surface area contributed by atoms with Crippen LogP contribution in [0.2, 0.25) is 5.02 Å². The average molecular weight is 630 g/mol. The summed E-state index contributed by atoms with van der Waals surface area (Å²) in [6.45, 7) is 2.68. The van der Waals surface area contributed by atoms with Gasteiger partial charge in [0.1, 0.15) is 41.4 Å². The lowest BCUT2D eigenvalue weighted by Crippen LogP contribution is -2.56. The van der Waals surface area contributed by atoms with Crippen LogP contribution in [-0.2, 0) is 4.79 Å². The number of imidazole rings is 1. The second kappa shape index (κ2) is 11.8. The van der Waals surface area contributed by atoms with E-state index >= 15 is 4.39 Å². The molecule has 1 N–H and O–H groups in total. The lowest BCUT2D eigenvalue weighted by atomic mass is 10.1. The van der Waals surface area contributed by atoms with Crippen LogP contribution in [0.5, 0.6) is 17.2 Å². The number of anilines is 3. The predicted octanol–water partition coefficient (Wildman–Crippen LogP) is 4.53. The molecule has 1 saturated heterocycles. The number of fused-ring (bicyclic) bond motifs is 6. The number of carbonyl (C=O) groups excluding carboxylic acids is 1. The number of ether oxygens (including phenoxy) is 2. The zero-order chi connectivity index (χ0) is 31.1. The fourth-order valence-electron chi connectivity index (χ4n) is 5.42. The van der Waals surface area contributed by atoms with E-state index in [4.69, 9.17) is 26.1 Å². The number of nitrogens with zero attached hydrogens (tertiary/aromatic N) is 8. The molecule has 12 nitrogen and oxygen atoms in total. The molecule has 2 aliphatic rings. The first-order chi connectivity index (χ1) is 21.8. The van der Waals surface area contributed by atoms with Gasteiger partial charge in [-0.1, -0.05) is 17.7 Å². The number of hydrogen-bond donors (Lipinski definition) is 1. The highest BCUT2D eigenvalue weighted by Crippen LogP contribution is 2.38. The van der Waals surface area contributed by atoms with Crippen LogP contribution < -0.4 is 19.7 Å². The van der Waals surface area contributed by atoms with E-state index in [9.17, 15) is 4.79 Å². The molecular weight excluding hydrogens is 601 g/mol. The smallest absolute Gasteiger partial charge is 0.246 e. The minimum absolute atomic E-state index is 0.0391. The lowest BCUT2D eigenvalue weighted by Gasteiger charge is -2.39. The molecule has 1 atom stereocenters. The van der Waals surface area contributed by atoms with Gasteiger partial charge in [0, 0.05) is 69.0 Å². The summed E-state index contributed by atoms with van der Waals surface area (Å²) in [5.41, 5.74) is 1.74. The molecule has 0 aliphatic carbocycles. The molecule has 0 radical (unpaired) electrons. The minimum Gasteiger partial charge on any atom is -0.487 e. The molecule has 7 rings (SSSR count). The van der Waals surface area contributed by atoms with Crippen molar-refractivity contribution in [3.8, 4) is 17.2 Å². The Morgan fingerprint density at radius 3 is 2.96 bits per heavy atom. The normalized spacial score (nSPS) is 16.2. The van der Waals surface area contributed by atoms with Crippen molar-refractivity contribution >= 4 is 51.5 Å². The molecule has 0 saturated carbocycles. The number of halogens is 2. The second-order valence-electron chi connectivity index (χ2n) is 11.1. The summed E-state index contributed by atoms with van der Waals surface area (Å²) in [6, 6.07) is 7.78. The van der Waals surface area contributed by atoms with Crippen molar-refractivity contribution in [1.29, 1.82) is 0 Å². The number of amides is 1. The Morgan fingerprint density at radius 2 is 2.09 bits per heavy atom. The highest BCUT2D eigenvalue weighted by molar-refractivity contribution is 6.32. The average Bonchev–Trinajstić information content (AvgIpc) is 3.45. The van der Waals surface area contributed by atoms with E-state index in [0.29, 0.717) is 72.6 Å². The fraction of sp³-hybridized carbons (Fsp3) is 0.258. The Balaban J connectivity index is 1.12. The van der Waals surface area contributed by atoms with Crippen molar-refractivity contribution < 1.29 is 18.7 Å². The van der Waals surface area contributed by atoms with Gasteiger partial charge in [0.05, 0.1) is 22.3 Å². The highest BCUT2D eigenvalue weighted by Gasteiger charge is 2.35. The van der Waals surface area contributed by atoms with E-state index in [1.807, 2.05) is 40.6 Å². The third-order valence-electron chi connectivity index (χ3n) is 7.66. The van der Waals surface area contributed by atoms with Crippen LogP contribution in [-0.4, -0.2) is 93.0 Å². The molecule has 14 heteroatoms. The molecule has 6 heterocycles. The third kappa shape index (κ3) is 5.79. The number of pyridine rings is 2. The van der Waals surface area contributed by atoms with Crippen LogP contribution in [0.15, 0.2) is 67.4 Å². The molecule has 4 aromatic heterocycles. The van der Waals surface area contributed by atoms with E-state index in [-0.39, 0.29) is 28.4 Å². The van der Waals surface area contributed by atoms with E-state index in [2.05, 4.69) is 25.2 Å². The maximum absolute atomic E-state index is 15.4. The first-order valence-electron chi connectivity index (χ1n) is 14.3. The Bertz CT molecular complexity index is 1950. The summed E-state index contributed by atoms with van der Waals surface area (Å²) in [6.07, 6.45) is 10.1. The summed E-state index contributed by atoms with van der Waals surface area (Å²) in [7, 11) is 3.91. The maximum atomic E-state index is 15.4. The van der Waals surface area contributed by atoms with Gasteiger partial charge in [-0.25, -0.2) is 24.3 Å². The van der Waals surface area contributed by atoms with E-state index in [0.717, 1.165) is 0 Å². The fourth-order valence-corrected chi connectivity index (χ4v) is 5.62. The van der Waals surface area contributed by atoms with E-state index < -0.39 is 5.82 Å². The first kappa shape index (κ1) is 28.7. The second-order valence-corrected chi connectivity index (χ2v) is 11.5. The summed E-state index contributed by atoms with van der Waals surface area (Å²) >= 11 is 6.52. The Hall–Kier alpha value is -5.01. The van der Waals surface area contributed by atoms with Gasteiger partial charge in [-0.15, -0.1) is 0 Å². The third-order valence-corrected chi connectivity index (χ3v) is 7.95. The molecular formula is C31H29ClFN9O3. The standard InChI is InChI=1S/C31H29ClFN9O3/c1-39(2)7-3-4-28(43)42-11-10-41-16-19(42)17-44-26-15-24-29(38-31(26)41)30(36-18-35-24)37-23-13-21(32)25(14-22(23)33)45-20-5-8-40-9-6-34-27(40)12-20/h3-6,8-9,12-15,18-19H,7,10-11,16-17H2,1-2H3,(H,35,36,37)/b4-3+.